The van der Waals surface area contributed by atoms with Crippen LogP contribution in [0.2, 0.25) is 0 Å². The molecular formula is C24H35NO5S. The maximum absolute atomic E-state index is 13.2. The average Bonchev–Trinajstić information content (AvgIpc) is 3.04. The van der Waals surface area contributed by atoms with Crippen LogP contribution < -0.4 is 0 Å². The Morgan fingerprint density at radius 1 is 1.10 bits per heavy atom. The normalized spacial score (nSPS) is 19.2. The van der Waals surface area contributed by atoms with E-state index in [1.807, 2.05) is 26.0 Å². The van der Waals surface area contributed by atoms with Crippen LogP contribution in [0.3, 0.4) is 0 Å². The molecule has 1 amide bonds. The highest BCUT2D eigenvalue weighted by atomic mass is 32.2. The lowest BCUT2D eigenvalue weighted by molar-refractivity contribution is -0.120. The summed E-state index contributed by atoms with van der Waals surface area (Å²) in [5, 5.41) is 0. The molecule has 1 aliphatic heterocycles. The molecule has 1 aliphatic rings. The highest BCUT2D eigenvalue weighted by Gasteiger charge is 2.48. The van der Waals surface area contributed by atoms with Gasteiger partial charge in [0, 0.05) is 19.3 Å². The second kappa shape index (κ2) is 12.0. The molecule has 2 atom stereocenters. The van der Waals surface area contributed by atoms with Crippen LogP contribution >= 0.6 is 0 Å². The van der Waals surface area contributed by atoms with E-state index in [-0.39, 0.29) is 17.1 Å². The van der Waals surface area contributed by atoms with Crippen molar-refractivity contribution in [3.63, 3.8) is 0 Å². The number of unbranched alkanes of at least 4 members (excludes halogenated alkanes) is 5. The largest absolute Gasteiger partial charge is 0.443 e. The smallest absolute Gasteiger partial charge is 0.424 e. The highest BCUT2D eigenvalue weighted by Crippen LogP contribution is 2.32. The van der Waals surface area contributed by atoms with Crippen LogP contribution in [-0.2, 0) is 19.6 Å². The molecule has 2 rings (SSSR count). The van der Waals surface area contributed by atoms with Gasteiger partial charge in [-0.3, -0.25) is 4.79 Å². The van der Waals surface area contributed by atoms with Crippen molar-refractivity contribution < 1.29 is 22.7 Å². The summed E-state index contributed by atoms with van der Waals surface area (Å²) < 4.78 is 32.6. The molecule has 31 heavy (non-hydrogen) atoms. The number of rotatable bonds is 13. The Morgan fingerprint density at radius 3 is 2.39 bits per heavy atom. The van der Waals surface area contributed by atoms with Crippen LogP contribution in [0.4, 0.5) is 4.79 Å². The van der Waals surface area contributed by atoms with Crippen LogP contribution in [0, 0.1) is 6.92 Å². The molecule has 1 fully saturated rings. The summed E-state index contributed by atoms with van der Waals surface area (Å²) in [4.78, 5) is 25.3. The highest BCUT2D eigenvalue weighted by molar-refractivity contribution is 7.89. The average molecular weight is 450 g/mol. The molecule has 172 valence electrons. The van der Waals surface area contributed by atoms with Crippen molar-refractivity contribution in [3.05, 3.63) is 42.0 Å². The second-order valence-electron chi connectivity index (χ2n) is 8.17. The van der Waals surface area contributed by atoms with E-state index in [0.29, 0.717) is 12.8 Å². The number of carbonyl (C=O) groups excluding carboxylic acids is 2. The zero-order valence-corrected chi connectivity index (χ0v) is 19.7. The minimum atomic E-state index is -4.11. The van der Waals surface area contributed by atoms with E-state index in [1.165, 1.54) is 31.4 Å². The fourth-order valence-electron chi connectivity index (χ4n) is 3.77. The molecule has 0 N–H and O–H groups in total. The number of hydrogen-bond donors (Lipinski definition) is 0. The number of benzene rings is 1. The van der Waals surface area contributed by atoms with Gasteiger partial charge in [0.15, 0.2) is 0 Å². The Morgan fingerprint density at radius 2 is 1.74 bits per heavy atom. The molecule has 0 radical (unpaired) electrons. The van der Waals surface area contributed by atoms with E-state index in [0.717, 1.165) is 29.1 Å². The van der Waals surface area contributed by atoms with Crippen molar-refractivity contribution in [3.8, 4) is 0 Å². The second-order valence-corrected chi connectivity index (χ2v) is 9.98. The quantitative estimate of drug-likeness (QED) is 0.291. The number of amides is 1. The van der Waals surface area contributed by atoms with Crippen molar-refractivity contribution in [1.29, 1.82) is 0 Å². The summed E-state index contributed by atoms with van der Waals surface area (Å²) in [6, 6.07) is 5.50. The number of allylic oxidation sites excluding steroid dienone is 1. The van der Waals surface area contributed by atoms with Crippen LogP contribution in [0.5, 0.6) is 0 Å². The lowest BCUT2D eigenvalue weighted by atomic mass is 9.99. The molecule has 6 nitrogen and oxygen atoms in total. The molecule has 1 aromatic carbocycles. The monoisotopic (exact) mass is 449 g/mol. The third-order valence-electron chi connectivity index (χ3n) is 5.59. The number of Topliss-reactive ketones (excluding diaryl/α,β-unsaturated/α-hetero) is 1. The van der Waals surface area contributed by atoms with Crippen molar-refractivity contribution >= 4 is 21.9 Å². The zero-order chi connectivity index (χ0) is 22.9. The number of sulfonamides is 1. The summed E-state index contributed by atoms with van der Waals surface area (Å²) in [5.74, 6) is -0.0339. The SMILES string of the molecule is C/C=C\C[C@@H]1OC(=O)N(S(=O)(=O)c2ccc(C)cc2)[C@H]1CC(=O)CCCCCCCC. The van der Waals surface area contributed by atoms with Crippen molar-refractivity contribution in [1.82, 2.24) is 4.31 Å². The van der Waals surface area contributed by atoms with Gasteiger partial charge in [0.25, 0.3) is 10.0 Å². The summed E-state index contributed by atoms with van der Waals surface area (Å²) >= 11 is 0. The number of ether oxygens (including phenoxy) is 1. The van der Waals surface area contributed by atoms with Crippen molar-refractivity contribution in [2.45, 2.75) is 95.6 Å². The lowest BCUT2D eigenvalue weighted by Crippen LogP contribution is -2.42. The summed E-state index contributed by atoms with van der Waals surface area (Å²) in [7, 11) is -4.11. The third-order valence-corrected chi connectivity index (χ3v) is 7.40. The summed E-state index contributed by atoms with van der Waals surface area (Å²) in [5.41, 5.74) is 0.916. The molecular weight excluding hydrogens is 414 g/mol. The van der Waals surface area contributed by atoms with Crippen LogP contribution in [0.15, 0.2) is 41.3 Å². The summed E-state index contributed by atoms with van der Waals surface area (Å²) in [6.07, 6.45) is 9.23. The number of aryl methyl sites for hydroxylation is 1. The molecule has 0 aliphatic carbocycles. The van der Waals surface area contributed by atoms with Crippen LogP contribution in [0.25, 0.3) is 0 Å². The fourth-order valence-corrected chi connectivity index (χ4v) is 5.29. The first-order chi connectivity index (χ1) is 14.8. The van der Waals surface area contributed by atoms with Crippen molar-refractivity contribution in [2.24, 2.45) is 0 Å². The Bertz CT molecular complexity index is 860. The molecule has 1 saturated heterocycles. The molecule has 0 saturated carbocycles. The zero-order valence-electron chi connectivity index (χ0n) is 18.9. The van der Waals surface area contributed by atoms with Gasteiger partial charge in [-0.25, -0.2) is 13.2 Å². The standard InChI is InChI=1S/C24H35NO5S/c1-4-6-8-9-10-11-12-20(26)18-22-23(13-7-5-2)30-24(27)25(22)31(28,29)21-16-14-19(3)15-17-21/h5,7,14-17,22-23H,4,6,8-13,18H2,1-3H3/b7-5-/t22-,23-/m0/s1. The van der Waals surface area contributed by atoms with Gasteiger partial charge in [-0.05, 0) is 32.4 Å². The summed E-state index contributed by atoms with van der Waals surface area (Å²) in [6.45, 7) is 5.86. The van der Waals surface area contributed by atoms with Gasteiger partial charge in [-0.2, -0.15) is 4.31 Å². The lowest BCUT2D eigenvalue weighted by Gasteiger charge is -2.23. The maximum atomic E-state index is 13.2. The fraction of sp³-hybridized carbons (Fsp3) is 0.583. The van der Waals surface area contributed by atoms with Crippen molar-refractivity contribution in [2.75, 3.05) is 0 Å². The number of ketones is 1. The van der Waals surface area contributed by atoms with Gasteiger partial charge in [0.2, 0.25) is 0 Å². The van der Waals surface area contributed by atoms with E-state index >= 15 is 0 Å². The molecule has 1 heterocycles. The van der Waals surface area contributed by atoms with E-state index in [2.05, 4.69) is 6.92 Å². The molecule has 7 heteroatoms. The van der Waals surface area contributed by atoms with Gasteiger partial charge in [0.1, 0.15) is 11.9 Å². The third kappa shape index (κ3) is 6.92. The predicted molar refractivity (Wildman–Crippen MR) is 121 cm³/mol. The van der Waals surface area contributed by atoms with Gasteiger partial charge in [0.05, 0.1) is 10.9 Å². The molecule has 0 unspecified atom stereocenters. The number of cyclic esters (lactones) is 1. The predicted octanol–water partition coefficient (Wildman–Crippen LogP) is 5.55. The number of hydrogen-bond acceptors (Lipinski definition) is 5. The van der Waals surface area contributed by atoms with E-state index < -0.39 is 28.3 Å². The number of carbonyl (C=O) groups is 2. The topological polar surface area (TPSA) is 80.8 Å². The Balaban J connectivity index is 2.14. The minimum Gasteiger partial charge on any atom is -0.443 e. The molecule has 0 spiro atoms. The van der Waals surface area contributed by atoms with E-state index in [9.17, 15) is 18.0 Å². The first-order valence-corrected chi connectivity index (χ1v) is 12.7. The Labute approximate surface area is 186 Å². The van der Waals surface area contributed by atoms with Gasteiger partial charge >= 0.3 is 6.09 Å². The van der Waals surface area contributed by atoms with E-state index in [4.69, 9.17) is 4.74 Å². The van der Waals surface area contributed by atoms with Gasteiger partial charge in [-0.15, -0.1) is 0 Å². The molecule has 0 aromatic heterocycles. The minimum absolute atomic E-state index is 0.0198. The van der Waals surface area contributed by atoms with Gasteiger partial charge in [-0.1, -0.05) is 68.9 Å². The Hall–Kier alpha value is -2.15. The van der Waals surface area contributed by atoms with Gasteiger partial charge < -0.3 is 4.74 Å². The van der Waals surface area contributed by atoms with E-state index in [1.54, 1.807) is 12.1 Å². The Kier molecular flexibility index (Phi) is 9.75. The van der Waals surface area contributed by atoms with Crippen LogP contribution in [0.1, 0.15) is 77.2 Å². The maximum Gasteiger partial charge on any atom is 0.424 e. The first-order valence-electron chi connectivity index (χ1n) is 11.3. The number of nitrogens with zero attached hydrogens (tertiary/aromatic N) is 1. The molecule has 1 aromatic rings. The molecule has 0 bridgehead atoms. The van der Waals surface area contributed by atoms with Crippen LogP contribution in [-0.4, -0.2) is 36.7 Å². The first kappa shape index (κ1) is 25.1.